The van der Waals surface area contributed by atoms with Crippen LogP contribution in [-0.2, 0) is 6.18 Å². The van der Waals surface area contributed by atoms with Crippen LogP contribution in [-0.4, -0.2) is 20.8 Å². The molecule has 0 unspecified atom stereocenters. The first-order valence-corrected chi connectivity index (χ1v) is 6.55. The Kier molecular flexibility index (Phi) is 3.32. The second kappa shape index (κ2) is 5.08. The molecule has 3 rings (SSSR count). The minimum atomic E-state index is -4.63. The van der Waals surface area contributed by atoms with Crippen LogP contribution in [0, 0.1) is 6.92 Å². The van der Waals surface area contributed by atoms with Gasteiger partial charge >= 0.3 is 6.18 Å². The Hall–Kier alpha value is -2.90. The van der Waals surface area contributed by atoms with Gasteiger partial charge in [-0.15, -0.1) is 0 Å². The number of carbonyl (C=O) groups is 1. The van der Waals surface area contributed by atoms with Gasteiger partial charge in [-0.2, -0.15) is 13.2 Å². The van der Waals surface area contributed by atoms with Gasteiger partial charge in [0.2, 0.25) is 0 Å². The Morgan fingerprint density at radius 3 is 2.65 bits per heavy atom. The van der Waals surface area contributed by atoms with Crippen LogP contribution >= 0.6 is 0 Å². The third-order valence-electron chi connectivity index (χ3n) is 3.41. The normalized spacial score (nSPS) is 11.8. The van der Waals surface area contributed by atoms with Crippen molar-refractivity contribution in [2.45, 2.75) is 13.1 Å². The first-order chi connectivity index (χ1) is 10.8. The predicted octanol–water partition coefficient (Wildman–Crippen LogP) is 2.85. The van der Waals surface area contributed by atoms with E-state index < -0.39 is 17.3 Å². The van der Waals surface area contributed by atoms with Crippen molar-refractivity contribution in [2.75, 3.05) is 0 Å². The zero-order valence-corrected chi connectivity index (χ0v) is 11.8. The van der Waals surface area contributed by atoms with Crippen LogP contribution < -0.4 is 5.56 Å². The van der Waals surface area contributed by atoms with Crippen molar-refractivity contribution in [1.82, 2.24) is 14.5 Å². The molecule has 8 heteroatoms. The van der Waals surface area contributed by atoms with E-state index in [1.165, 1.54) is 36.0 Å². The molecule has 0 aliphatic carbocycles. The van der Waals surface area contributed by atoms with Crippen molar-refractivity contribution in [3.05, 3.63) is 57.8 Å². The molecule has 0 amide bonds. The monoisotopic (exact) mass is 321 g/mol. The first kappa shape index (κ1) is 15.0. The maximum Gasteiger partial charge on any atom is 0.418 e. The van der Waals surface area contributed by atoms with Gasteiger partial charge in [0.25, 0.3) is 5.56 Å². The molecule has 3 aromatic rings. The van der Waals surface area contributed by atoms with Crippen molar-refractivity contribution in [1.29, 1.82) is 0 Å². The van der Waals surface area contributed by atoms with E-state index in [4.69, 9.17) is 0 Å². The molecule has 5 nitrogen and oxygen atoms in total. The number of halogens is 3. The van der Waals surface area contributed by atoms with Gasteiger partial charge in [0.05, 0.1) is 22.3 Å². The fourth-order valence-electron chi connectivity index (χ4n) is 2.29. The molecular weight excluding hydrogens is 311 g/mol. The molecule has 0 spiro atoms. The Bertz CT molecular complexity index is 970. The molecule has 2 heterocycles. The quantitative estimate of drug-likeness (QED) is 0.738. The number of hydrogen-bond acceptors (Lipinski definition) is 3. The molecule has 0 bridgehead atoms. The lowest BCUT2D eigenvalue weighted by Gasteiger charge is -2.15. The third kappa shape index (κ3) is 2.63. The van der Waals surface area contributed by atoms with E-state index in [-0.39, 0.29) is 28.0 Å². The highest BCUT2D eigenvalue weighted by Crippen LogP contribution is 2.35. The summed E-state index contributed by atoms with van der Waals surface area (Å²) in [5.74, 6) is 0. The number of H-pyrrole nitrogens is 1. The Morgan fingerprint density at radius 1 is 1.30 bits per heavy atom. The van der Waals surface area contributed by atoms with Crippen molar-refractivity contribution in [2.24, 2.45) is 0 Å². The molecular formula is C15H10F3N3O2. The van der Waals surface area contributed by atoms with E-state index >= 15 is 0 Å². The number of aryl methyl sites for hydroxylation is 1. The van der Waals surface area contributed by atoms with Crippen molar-refractivity contribution in [3.8, 4) is 5.69 Å². The van der Waals surface area contributed by atoms with Gasteiger partial charge in [0, 0.05) is 18.0 Å². The summed E-state index contributed by atoms with van der Waals surface area (Å²) in [5.41, 5.74) is -1.00. The zero-order chi connectivity index (χ0) is 16.8. The van der Waals surface area contributed by atoms with Crippen LogP contribution in [0.4, 0.5) is 13.2 Å². The summed E-state index contributed by atoms with van der Waals surface area (Å²) in [4.78, 5) is 28.7. The van der Waals surface area contributed by atoms with Gasteiger partial charge < -0.3 is 9.55 Å². The largest absolute Gasteiger partial charge is 0.418 e. The number of carbonyl (C=O) groups excluding carboxylic acids is 1. The lowest BCUT2D eigenvalue weighted by Crippen LogP contribution is -2.15. The average Bonchev–Trinajstić information content (AvgIpc) is 2.95. The summed E-state index contributed by atoms with van der Waals surface area (Å²) in [7, 11) is 0. The van der Waals surface area contributed by atoms with Crippen molar-refractivity contribution >= 4 is 17.3 Å². The van der Waals surface area contributed by atoms with E-state index in [1.54, 1.807) is 0 Å². The van der Waals surface area contributed by atoms with E-state index in [0.29, 0.717) is 6.29 Å². The van der Waals surface area contributed by atoms with Gasteiger partial charge in [0.1, 0.15) is 5.69 Å². The van der Waals surface area contributed by atoms with E-state index in [2.05, 4.69) is 9.97 Å². The summed E-state index contributed by atoms with van der Waals surface area (Å²) in [6, 6.07) is 3.48. The summed E-state index contributed by atoms with van der Waals surface area (Å²) < 4.78 is 41.2. The summed E-state index contributed by atoms with van der Waals surface area (Å²) in [5, 5.41) is 0. The topological polar surface area (TPSA) is 67.8 Å². The molecule has 0 atom stereocenters. The number of nitrogens with zero attached hydrogens (tertiary/aromatic N) is 2. The Labute approximate surface area is 127 Å². The molecule has 0 fully saturated rings. The van der Waals surface area contributed by atoms with E-state index in [0.717, 1.165) is 6.07 Å². The number of alkyl halides is 3. The van der Waals surface area contributed by atoms with Crippen LogP contribution in [0.1, 0.15) is 21.6 Å². The zero-order valence-electron chi connectivity index (χ0n) is 11.8. The van der Waals surface area contributed by atoms with Crippen LogP contribution in [0.25, 0.3) is 16.7 Å². The standard InChI is InChI=1S/C15H10F3N3O2/c1-8-14(23)20-11-4-10(15(16,17)18)13(5-12(11)19-8)21-3-2-9(6-21)7-22/h2-7H,1H3,(H,20,23). The van der Waals surface area contributed by atoms with Crippen LogP contribution in [0.3, 0.4) is 0 Å². The molecule has 0 aliphatic rings. The number of benzene rings is 1. The predicted molar refractivity (Wildman–Crippen MR) is 76.8 cm³/mol. The fraction of sp³-hybridized carbons (Fsp3) is 0.133. The maximum absolute atomic E-state index is 13.3. The number of rotatable bonds is 2. The van der Waals surface area contributed by atoms with Crippen LogP contribution in [0.5, 0.6) is 0 Å². The van der Waals surface area contributed by atoms with Gasteiger partial charge in [-0.05, 0) is 25.1 Å². The molecule has 0 radical (unpaired) electrons. The Morgan fingerprint density at radius 2 is 2.04 bits per heavy atom. The van der Waals surface area contributed by atoms with Gasteiger partial charge in [0.15, 0.2) is 6.29 Å². The molecule has 1 N–H and O–H groups in total. The highest BCUT2D eigenvalue weighted by atomic mass is 19.4. The maximum atomic E-state index is 13.3. The molecule has 0 aliphatic heterocycles. The number of nitrogens with one attached hydrogen (secondary N) is 1. The van der Waals surface area contributed by atoms with Crippen LogP contribution in [0.2, 0.25) is 0 Å². The van der Waals surface area contributed by atoms with Gasteiger partial charge in [-0.25, -0.2) is 4.98 Å². The smallest absolute Gasteiger partial charge is 0.322 e. The lowest BCUT2D eigenvalue weighted by molar-refractivity contribution is -0.137. The van der Waals surface area contributed by atoms with Gasteiger partial charge in [-0.1, -0.05) is 0 Å². The number of hydrogen-bond donors (Lipinski definition) is 1. The Balaban J connectivity index is 2.35. The number of fused-ring (bicyclic) bond motifs is 1. The van der Waals surface area contributed by atoms with E-state index in [9.17, 15) is 22.8 Å². The molecule has 23 heavy (non-hydrogen) atoms. The van der Waals surface area contributed by atoms with Crippen molar-refractivity contribution in [3.63, 3.8) is 0 Å². The van der Waals surface area contributed by atoms with Gasteiger partial charge in [-0.3, -0.25) is 9.59 Å². The number of aromatic amines is 1. The summed E-state index contributed by atoms with van der Waals surface area (Å²) >= 11 is 0. The first-order valence-electron chi connectivity index (χ1n) is 6.55. The SMILES string of the molecule is Cc1nc2cc(-n3ccc(C=O)c3)c(C(F)(F)F)cc2[nH]c1=O. The molecule has 0 saturated heterocycles. The van der Waals surface area contributed by atoms with Crippen molar-refractivity contribution < 1.29 is 18.0 Å². The third-order valence-corrected chi connectivity index (χ3v) is 3.41. The second-order valence-corrected chi connectivity index (χ2v) is 5.01. The highest BCUT2D eigenvalue weighted by molar-refractivity contribution is 5.79. The summed E-state index contributed by atoms with van der Waals surface area (Å²) in [6.45, 7) is 1.47. The molecule has 118 valence electrons. The molecule has 2 aromatic heterocycles. The lowest BCUT2D eigenvalue weighted by atomic mass is 10.1. The number of aromatic nitrogens is 3. The minimum Gasteiger partial charge on any atom is -0.322 e. The molecule has 1 aromatic carbocycles. The highest BCUT2D eigenvalue weighted by Gasteiger charge is 2.34. The fourth-order valence-corrected chi connectivity index (χ4v) is 2.29. The minimum absolute atomic E-state index is 0.000517. The average molecular weight is 321 g/mol. The van der Waals surface area contributed by atoms with Crippen LogP contribution in [0.15, 0.2) is 35.4 Å². The second-order valence-electron chi connectivity index (χ2n) is 5.01. The number of aldehydes is 1. The summed E-state index contributed by atoms with van der Waals surface area (Å²) in [6.07, 6.45) is -1.43. The molecule has 0 saturated carbocycles. The van der Waals surface area contributed by atoms with E-state index in [1.807, 2.05) is 0 Å².